The summed E-state index contributed by atoms with van der Waals surface area (Å²) in [6.45, 7) is 3.46. The molecule has 1 N–H and O–H groups in total. The molecule has 1 amide bonds. The minimum absolute atomic E-state index is 0.132. The second-order valence-corrected chi connectivity index (χ2v) is 8.21. The number of fused-ring (bicyclic) bond motifs is 1. The fraction of sp³-hybridized carbons (Fsp3) is 0.391. The van der Waals surface area contributed by atoms with Gasteiger partial charge >= 0.3 is 0 Å². The summed E-state index contributed by atoms with van der Waals surface area (Å²) in [5.41, 5.74) is 4.24. The van der Waals surface area contributed by atoms with Crippen LogP contribution in [0, 0.1) is 0 Å². The number of hydrogen-bond donors (Lipinski definition) is 1. The average Bonchev–Trinajstić information content (AvgIpc) is 3.38. The summed E-state index contributed by atoms with van der Waals surface area (Å²) in [7, 11) is 0. The molecule has 0 bridgehead atoms. The average molecular weight is 391 g/mol. The van der Waals surface area contributed by atoms with Crippen LogP contribution in [0.15, 0.2) is 42.5 Å². The predicted octanol–water partition coefficient (Wildman–Crippen LogP) is 2.37. The zero-order chi connectivity index (χ0) is 20.0. The van der Waals surface area contributed by atoms with Crippen molar-refractivity contribution in [2.24, 2.45) is 0 Å². The van der Waals surface area contributed by atoms with Gasteiger partial charge in [0.1, 0.15) is 11.9 Å². The van der Waals surface area contributed by atoms with E-state index in [1.165, 1.54) is 11.3 Å². The smallest absolute Gasteiger partial charge is 0.254 e. The van der Waals surface area contributed by atoms with Gasteiger partial charge in [-0.2, -0.15) is 0 Å². The molecular formula is C23H25N3O3. The number of rotatable bonds is 4. The Bertz CT molecular complexity index is 962. The van der Waals surface area contributed by atoms with Gasteiger partial charge in [0.25, 0.3) is 5.91 Å². The van der Waals surface area contributed by atoms with Gasteiger partial charge in [-0.15, -0.1) is 0 Å². The van der Waals surface area contributed by atoms with Crippen LogP contribution in [0.3, 0.4) is 0 Å². The Morgan fingerprint density at radius 2 is 1.69 bits per heavy atom. The van der Waals surface area contributed by atoms with Crippen LogP contribution in [0.25, 0.3) is 0 Å². The molecule has 5 rings (SSSR count). The Balaban J connectivity index is 1.41. The van der Waals surface area contributed by atoms with Crippen molar-refractivity contribution in [3.8, 4) is 0 Å². The SMILES string of the molecule is O=Cc1ccc(N2CCc3ccccc32)c(N2CCN(C(=O)C3(O)CC3)CC2)c1. The molecule has 3 aliphatic rings. The zero-order valence-corrected chi connectivity index (χ0v) is 16.4. The van der Waals surface area contributed by atoms with E-state index in [2.05, 4.69) is 34.1 Å². The highest BCUT2D eigenvalue weighted by Gasteiger charge is 2.50. The fourth-order valence-electron chi connectivity index (χ4n) is 4.46. The number of anilines is 3. The van der Waals surface area contributed by atoms with Crippen LogP contribution < -0.4 is 9.80 Å². The maximum Gasteiger partial charge on any atom is 0.254 e. The lowest BCUT2D eigenvalue weighted by atomic mass is 10.1. The molecule has 2 aromatic carbocycles. The Kier molecular flexibility index (Phi) is 4.32. The number of carbonyl (C=O) groups excluding carboxylic acids is 2. The number of carbonyl (C=O) groups is 2. The number of aliphatic hydroxyl groups is 1. The largest absolute Gasteiger partial charge is 0.380 e. The van der Waals surface area contributed by atoms with Crippen LogP contribution in [0.2, 0.25) is 0 Å². The summed E-state index contributed by atoms with van der Waals surface area (Å²) in [6, 6.07) is 14.3. The number of para-hydroxylation sites is 1. The Labute approximate surface area is 170 Å². The van der Waals surface area contributed by atoms with Crippen molar-refractivity contribution in [3.63, 3.8) is 0 Å². The maximum atomic E-state index is 12.4. The summed E-state index contributed by atoms with van der Waals surface area (Å²) in [4.78, 5) is 30.2. The van der Waals surface area contributed by atoms with Crippen molar-refractivity contribution in [2.45, 2.75) is 24.9 Å². The maximum absolute atomic E-state index is 12.4. The molecule has 1 saturated carbocycles. The first-order valence-corrected chi connectivity index (χ1v) is 10.3. The number of piperazine rings is 1. The highest BCUT2D eigenvalue weighted by atomic mass is 16.3. The molecule has 0 radical (unpaired) electrons. The highest BCUT2D eigenvalue weighted by molar-refractivity contribution is 5.89. The molecule has 29 heavy (non-hydrogen) atoms. The third-order valence-electron chi connectivity index (χ3n) is 6.34. The lowest BCUT2D eigenvalue weighted by Crippen LogP contribution is -2.52. The molecule has 2 aliphatic heterocycles. The first-order valence-electron chi connectivity index (χ1n) is 10.3. The molecule has 1 saturated heterocycles. The summed E-state index contributed by atoms with van der Waals surface area (Å²) in [5, 5.41) is 10.1. The normalized spacial score (nSPS) is 19.8. The summed E-state index contributed by atoms with van der Waals surface area (Å²) < 4.78 is 0. The molecule has 2 aromatic rings. The fourth-order valence-corrected chi connectivity index (χ4v) is 4.46. The van der Waals surface area contributed by atoms with Crippen LogP contribution in [0.4, 0.5) is 17.1 Å². The number of hydrogen-bond acceptors (Lipinski definition) is 5. The molecule has 0 aromatic heterocycles. The van der Waals surface area contributed by atoms with Crippen molar-refractivity contribution in [3.05, 3.63) is 53.6 Å². The lowest BCUT2D eigenvalue weighted by Gasteiger charge is -2.39. The lowest BCUT2D eigenvalue weighted by molar-refractivity contribution is -0.142. The van der Waals surface area contributed by atoms with E-state index in [4.69, 9.17) is 0 Å². The summed E-state index contributed by atoms with van der Waals surface area (Å²) >= 11 is 0. The third-order valence-corrected chi connectivity index (χ3v) is 6.34. The van der Waals surface area contributed by atoms with E-state index in [1.54, 1.807) is 4.90 Å². The van der Waals surface area contributed by atoms with Crippen LogP contribution >= 0.6 is 0 Å². The van der Waals surface area contributed by atoms with Crippen LogP contribution in [-0.4, -0.2) is 60.5 Å². The van der Waals surface area contributed by atoms with E-state index in [9.17, 15) is 14.7 Å². The molecule has 2 heterocycles. The van der Waals surface area contributed by atoms with Crippen molar-refractivity contribution in [1.82, 2.24) is 4.90 Å². The van der Waals surface area contributed by atoms with E-state index < -0.39 is 5.60 Å². The molecule has 0 spiro atoms. The van der Waals surface area contributed by atoms with Gasteiger partial charge in [-0.25, -0.2) is 0 Å². The molecule has 2 fully saturated rings. The molecular weight excluding hydrogens is 366 g/mol. The van der Waals surface area contributed by atoms with E-state index in [1.807, 2.05) is 18.2 Å². The Morgan fingerprint density at radius 1 is 0.931 bits per heavy atom. The van der Waals surface area contributed by atoms with Gasteiger partial charge in [0.15, 0.2) is 0 Å². The number of nitrogens with zero attached hydrogens (tertiary/aromatic N) is 3. The van der Waals surface area contributed by atoms with Gasteiger partial charge in [-0.3, -0.25) is 9.59 Å². The summed E-state index contributed by atoms with van der Waals surface area (Å²) in [5.74, 6) is -0.132. The molecule has 1 aliphatic carbocycles. The second-order valence-electron chi connectivity index (χ2n) is 8.21. The van der Waals surface area contributed by atoms with Crippen LogP contribution in [0.1, 0.15) is 28.8 Å². The monoisotopic (exact) mass is 391 g/mol. The van der Waals surface area contributed by atoms with Gasteiger partial charge in [0.05, 0.1) is 11.4 Å². The molecule has 0 atom stereocenters. The third kappa shape index (κ3) is 3.17. The molecule has 6 nitrogen and oxygen atoms in total. The quantitative estimate of drug-likeness (QED) is 0.811. The van der Waals surface area contributed by atoms with Gasteiger partial charge < -0.3 is 19.8 Å². The number of amides is 1. The molecule has 0 unspecified atom stereocenters. The first kappa shape index (κ1) is 18.2. The predicted molar refractivity (Wildman–Crippen MR) is 112 cm³/mol. The number of aldehydes is 1. The van der Waals surface area contributed by atoms with Gasteiger partial charge in [0, 0.05) is 44.0 Å². The van der Waals surface area contributed by atoms with E-state index in [0.29, 0.717) is 44.6 Å². The minimum Gasteiger partial charge on any atom is -0.380 e. The topological polar surface area (TPSA) is 64.1 Å². The van der Waals surface area contributed by atoms with Gasteiger partial charge in [0.2, 0.25) is 0 Å². The Morgan fingerprint density at radius 3 is 2.41 bits per heavy atom. The van der Waals surface area contributed by atoms with E-state index >= 15 is 0 Å². The Hall–Kier alpha value is -2.86. The zero-order valence-electron chi connectivity index (χ0n) is 16.4. The highest BCUT2D eigenvalue weighted by Crippen LogP contribution is 2.41. The van der Waals surface area contributed by atoms with Crippen molar-refractivity contribution >= 4 is 29.3 Å². The van der Waals surface area contributed by atoms with E-state index in [-0.39, 0.29) is 5.91 Å². The standard InChI is InChI=1S/C23H25N3O3/c27-16-17-5-6-20(26-10-7-18-3-1-2-4-19(18)26)21(15-17)24-11-13-25(14-12-24)22(28)23(29)8-9-23/h1-6,15-16,29H,7-14H2. The first-order chi connectivity index (χ1) is 14.1. The van der Waals surface area contributed by atoms with Crippen molar-refractivity contribution < 1.29 is 14.7 Å². The minimum atomic E-state index is -1.11. The number of benzene rings is 2. The molecule has 6 heteroatoms. The molecule has 150 valence electrons. The van der Waals surface area contributed by atoms with Crippen LogP contribution in [-0.2, 0) is 11.2 Å². The van der Waals surface area contributed by atoms with E-state index in [0.717, 1.165) is 30.6 Å². The summed E-state index contributed by atoms with van der Waals surface area (Å²) in [6.07, 6.45) is 3.04. The van der Waals surface area contributed by atoms with Crippen LogP contribution in [0.5, 0.6) is 0 Å². The van der Waals surface area contributed by atoms with Crippen molar-refractivity contribution in [1.29, 1.82) is 0 Å². The second kappa shape index (κ2) is 6.88. The van der Waals surface area contributed by atoms with Gasteiger partial charge in [-0.05, 0) is 49.1 Å². The van der Waals surface area contributed by atoms with Crippen molar-refractivity contribution in [2.75, 3.05) is 42.5 Å². The van der Waals surface area contributed by atoms with Gasteiger partial charge in [-0.1, -0.05) is 18.2 Å².